The van der Waals surface area contributed by atoms with Crippen molar-refractivity contribution in [2.24, 2.45) is 0 Å². The molecule has 0 aromatic heterocycles. The minimum Gasteiger partial charge on any atom is -0.351 e. The molecule has 1 atom stereocenters. The van der Waals surface area contributed by atoms with Crippen LogP contribution in [0.1, 0.15) is 41.6 Å². The molecule has 0 radical (unpaired) electrons. The Kier molecular flexibility index (Phi) is 5.52. The van der Waals surface area contributed by atoms with Crippen molar-refractivity contribution in [3.63, 3.8) is 0 Å². The van der Waals surface area contributed by atoms with Crippen LogP contribution in [0.5, 0.6) is 0 Å². The van der Waals surface area contributed by atoms with Crippen LogP contribution in [-0.2, 0) is 15.3 Å². The van der Waals surface area contributed by atoms with Gasteiger partial charge in [-0.3, -0.25) is 4.79 Å². The molecule has 1 saturated carbocycles. The highest BCUT2D eigenvalue weighted by atomic mass is 32.2. The molecule has 4 rings (SSSR count). The van der Waals surface area contributed by atoms with Crippen LogP contribution in [-0.4, -0.2) is 37.6 Å². The molecule has 6 heteroatoms. The molecule has 2 aromatic rings. The lowest BCUT2D eigenvalue weighted by atomic mass is 9.64. The molecule has 2 aromatic carbocycles. The van der Waals surface area contributed by atoms with Crippen molar-refractivity contribution in [1.29, 1.82) is 0 Å². The summed E-state index contributed by atoms with van der Waals surface area (Å²) < 4.78 is 23.5. The van der Waals surface area contributed by atoms with Crippen LogP contribution in [0.3, 0.4) is 0 Å². The third kappa shape index (κ3) is 4.13. The van der Waals surface area contributed by atoms with Crippen LogP contribution in [0.25, 0.3) is 0 Å². The molecule has 0 spiro atoms. The maximum absolute atomic E-state index is 12.9. The maximum atomic E-state index is 12.9. The van der Waals surface area contributed by atoms with E-state index in [4.69, 9.17) is 0 Å². The van der Waals surface area contributed by atoms with Gasteiger partial charge >= 0.3 is 0 Å². The summed E-state index contributed by atoms with van der Waals surface area (Å²) in [5, 5.41) is 3.18. The van der Waals surface area contributed by atoms with E-state index in [9.17, 15) is 13.2 Å². The van der Waals surface area contributed by atoms with Gasteiger partial charge in [0.2, 0.25) is 0 Å². The van der Waals surface area contributed by atoms with E-state index >= 15 is 0 Å². The Bertz CT molecular complexity index is 953. The van der Waals surface area contributed by atoms with Crippen LogP contribution in [0.15, 0.2) is 59.5 Å². The largest absolute Gasteiger partial charge is 0.351 e. The molecule has 148 valence electrons. The molecule has 0 unspecified atom stereocenters. The standard InChI is InChI=1S/C22H25NO3S2/c24-21(23-16-22(12-6-13-22)17-7-2-1-3-8-17)19-9-4-5-10-20(19)27-18-11-14-28(25,26)15-18/h1-5,7-10,18H,6,11-16H2,(H,23,24)/t18-/m1/s1. The Hall–Kier alpha value is -1.79. The Morgan fingerprint density at radius 3 is 2.43 bits per heavy atom. The number of carbonyl (C=O) groups excluding carboxylic acids is 1. The number of amides is 1. The number of benzene rings is 2. The predicted molar refractivity (Wildman–Crippen MR) is 114 cm³/mol. The minimum absolute atomic E-state index is 0.0289. The number of rotatable bonds is 6. The quantitative estimate of drug-likeness (QED) is 0.779. The second-order valence-electron chi connectivity index (χ2n) is 7.82. The topological polar surface area (TPSA) is 63.2 Å². The van der Waals surface area contributed by atoms with Crippen LogP contribution in [0.2, 0.25) is 0 Å². The normalized spacial score (nSPS) is 22.4. The lowest BCUT2D eigenvalue weighted by Gasteiger charge is -2.42. The van der Waals surface area contributed by atoms with Crippen molar-refractivity contribution in [2.75, 3.05) is 18.1 Å². The fourth-order valence-corrected chi connectivity index (χ4v) is 7.72. The number of sulfone groups is 1. The summed E-state index contributed by atoms with van der Waals surface area (Å²) in [6.07, 6.45) is 4.02. The third-order valence-electron chi connectivity index (χ3n) is 5.90. The van der Waals surface area contributed by atoms with Crippen molar-refractivity contribution < 1.29 is 13.2 Å². The highest BCUT2D eigenvalue weighted by Crippen LogP contribution is 2.43. The first-order valence-electron chi connectivity index (χ1n) is 9.77. The summed E-state index contributed by atoms with van der Waals surface area (Å²) in [6, 6.07) is 17.9. The number of thioether (sulfide) groups is 1. The monoisotopic (exact) mass is 415 g/mol. The first kappa shape index (κ1) is 19.5. The number of nitrogens with one attached hydrogen (secondary N) is 1. The van der Waals surface area contributed by atoms with E-state index in [0.717, 1.165) is 17.7 Å². The van der Waals surface area contributed by atoms with Gasteiger partial charge in [0.05, 0.1) is 17.1 Å². The highest BCUT2D eigenvalue weighted by Gasteiger charge is 2.39. The van der Waals surface area contributed by atoms with Gasteiger partial charge in [-0.05, 0) is 37.0 Å². The molecule has 1 heterocycles. The molecule has 28 heavy (non-hydrogen) atoms. The first-order valence-corrected chi connectivity index (χ1v) is 12.5. The molecule has 4 nitrogen and oxygen atoms in total. The summed E-state index contributed by atoms with van der Waals surface area (Å²) in [7, 11) is -2.93. The van der Waals surface area contributed by atoms with Crippen LogP contribution in [0, 0.1) is 0 Å². The van der Waals surface area contributed by atoms with Gasteiger partial charge in [0.25, 0.3) is 5.91 Å². The summed E-state index contributed by atoms with van der Waals surface area (Å²) in [5.74, 6) is 0.370. The van der Waals surface area contributed by atoms with Gasteiger partial charge < -0.3 is 5.32 Å². The van der Waals surface area contributed by atoms with Gasteiger partial charge in [-0.15, -0.1) is 11.8 Å². The Morgan fingerprint density at radius 2 is 1.79 bits per heavy atom. The molecule has 2 fully saturated rings. The van der Waals surface area contributed by atoms with E-state index < -0.39 is 9.84 Å². The van der Waals surface area contributed by atoms with Crippen molar-refractivity contribution in [1.82, 2.24) is 5.32 Å². The van der Waals surface area contributed by atoms with Crippen molar-refractivity contribution in [3.05, 3.63) is 65.7 Å². The second-order valence-corrected chi connectivity index (χ2v) is 11.4. The maximum Gasteiger partial charge on any atom is 0.252 e. The van der Waals surface area contributed by atoms with E-state index in [-0.39, 0.29) is 28.1 Å². The second kappa shape index (κ2) is 7.91. The molecular weight excluding hydrogens is 390 g/mol. The lowest BCUT2D eigenvalue weighted by Crippen LogP contribution is -2.45. The van der Waals surface area contributed by atoms with E-state index in [0.29, 0.717) is 18.5 Å². The zero-order valence-corrected chi connectivity index (χ0v) is 17.4. The molecule has 0 bridgehead atoms. The Labute approximate surface area is 171 Å². The zero-order valence-electron chi connectivity index (χ0n) is 15.8. The number of carbonyl (C=O) groups is 1. The lowest BCUT2D eigenvalue weighted by molar-refractivity contribution is 0.0925. The molecule has 1 aliphatic heterocycles. The fraction of sp³-hybridized carbons (Fsp3) is 0.409. The summed E-state index contributed by atoms with van der Waals surface area (Å²) in [5.41, 5.74) is 1.97. The van der Waals surface area contributed by atoms with Gasteiger partial charge in [0, 0.05) is 22.1 Å². The fourth-order valence-electron chi connectivity index (χ4n) is 4.10. The molecule has 1 N–H and O–H groups in total. The van der Waals surface area contributed by atoms with E-state index in [1.807, 2.05) is 30.3 Å². The molecule has 1 amide bonds. The molecule has 1 aliphatic carbocycles. The smallest absolute Gasteiger partial charge is 0.252 e. The third-order valence-corrected chi connectivity index (χ3v) is 9.22. The molecular formula is C22H25NO3S2. The average molecular weight is 416 g/mol. The van der Waals surface area contributed by atoms with Gasteiger partial charge in [0.1, 0.15) is 0 Å². The van der Waals surface area contributed by atoms with E-state index in [1.54, 1.807) is 0 Å². The van der Waals surface area contributed by atoms with Gasteiger partial charge in [-0.2, -0.15) is 0 Å². The Balaban J connectivity index is 1.45. The predicted octanol–water partition coefficient (Wildman–Crippen LogP) is 3.82. The zero-order chi connectivity index (χ0) is 19.6. The minimum atomic E-state index is -2.93. The Morgan fingerprint density at radius 1 is 1.07 bits per heavy atom. The average Bonchev–Trinajstić information content (AvgIpc) is 3.00. The van der Waals surface area contributed by atoms with Gasteiger partial charge in [0.15, 0.2) is 9.84 Å². The van der Waals surface area contributed by atoms with Crippen LogP contribution < -0.4 is 5.32 Å². The van der Waals surface area contributed by atoms with Gasteiger partial charge in [-0.25, -0.2) is 8.42 Å². The SMILES string of the molecule is O=C(NCC1(c2ccccc2)CCC1)c1ccccc1S[C@@H]1CCS(=O)(=O)C1. The van der Waals surface area contributed by atoms with Crippen molar-refractivity contribution in [3.8, 4) is 0 Å². The first-order chi connectivity index (χ1) is 13.5. The van der Waals surface area contributed by atoms with Crippen LogP contribution in [0.4, 0.5) is 0 Å². The van der Waals surface area contributed by atoms with Gasteiger partial charge in [-0.1, -0.05) is 48.9 Å². The highest BCUT2D eigenvalue weighted by molar-refractivity contribution is 8.02. The van der Waals surface area contributed by atoms with E-state index in [1.165, 1.54) is 23.7 Å². The molecule has 1 saturated heterocycles. The summed E-state index contributed by atoms with van der Waals surface area (Å²) in [6.45, 7) is 0.632. The van der Waals surface area contributed by atoms with Crippen molar-refractivity contribution >= 4 is 27.5 Å². The van der Waals surface area contributed by atoms with Crippen LogP contribution >= 0.6 is 11.8 Å². The summed E-state index contributed by atoms with van der Waals surface area (Å²) >= 11 is 1.52. The van der Waals surface area contributed by atoms with E-state index in [2.05, 4.69) is 29.6 Å². The summed E-state index contributed by atoms with van der Waals surface area (Å²) in [4.78, 5) is 13.8. The molecule has 2 aliphatic rings. The number of hydrogen-bond acceptors (Lipinski definition) is 4. The van der Waals surface area contributed by atoms with Crippen molar-refractivity contribution in [2.45, 2.75) is 41.2 Å². The number of hydrogen-bond donors (Lipinski definition) is 1.